The number of esters is 1. The molecule has 2 aliphatic rings. The van der Waals surface area contributed by atoms with Crippen molar-refractivity contribution in [3.63, 3.8) is 0 Å². The average molecular weight is 378 g/mol. The maximum Gasteiger partial charge on any atom is 0.330 e. The van der Waals surface area contributed by atoms with Crippen molar-refractivity contribution in [2.24, 2.45) is 0 Å². The molecule has 0 radical (unpaired) electrons. The van der Waals surface area contributed by atoms with Gasteiger partial charge in [0.05, 0.1) is 27.4 Å². The number of hydrogen-bond acceptors (Lipinski definition) is 7. The summed E-state index contributed by atoms with van der Waals surface area (Å²) in [6, 6.07) is 5.04. The summed E-state index contributed by atoms with van der Waals surface area (Å²) in [5, 5.41) is 0. The summed E-state index contributed by atoms with van der Waals surface area (Å²) in [6.07, 6.45) is 3.45. The van der Waals surface area contributed by atoms with E-state index in [2.05, 4.69) is 9.80 Å². The first-order valence-electron chi connectivity index (χ1n) is 9.69. The Labute approximate surface area is 161 Å². The lowest BCUT2D eigenvalue weighted by molar-refractivity contribution is -0.142. The van der Waals surface area contributed by atoms with Gasteiger partial charge in [-0.15, -0.1) is 0 Å². The third-order valence-corrected chi connectivity index (χ3v) is 5.22. The lowest BCUT2D eigenvalue weighted by Crippen LogP contribution is -2.53. The predicted octanol–water partition coefficient (Wildman–Crippen LogP) is 1.80. The van der Waals surface area contributed by atoms with Crippen LogP contribution in [0.3, 0.4) is 0 Å². The molecule has 1 atom stereocenters. The summed E-state index contributed by atoms with van der Waals surface area (Å²) >= 11 is 0. The molecule has 2 fully saturated rings. The Morgan fingerprint density at radius 1 is 1.04 bits per heavy atom. The zero-order valence-electron chi connectivity index (χ0n) is 16.3. The number of morpholine rings is 1. The molecule has 0 spiro atoms. The zero-order valence-corrected chi connectivity index (χ0v) is 16.3. The Morgan fingerprint density at radius 2 is 1.67 bits per heavy atom. The third-order valence-electron chi connectivity index (χ3n) is 5.22. The van der Waals surface area contributed by atoms with E-state index in [1.165, 1.54) is 6.42 Å². The van der Waals surface area contributed by atoms with Crippen LogP contribution < -0.4 is 14.2 Å². The Bertz CT molecular complexity index is 590. The first-order chi connectivity index (χ1) is 13.2. The number of methoxy groups -OCH3 is 2. The Hall–Kier alpha value is -1.83. The lowest BCUT2D eigenvalue weighted by atomic mass is 10.1. The SMILES string of the molecule is COc1cccc(OC)c1OC(=O)C(CN1CCOCC1)N1CCCCC1. The number of rotatable bonds is 7. The van der Waals surface area contributed by atoms with Crippen molar-refractivity contribution in [3.05, 3.63) is 18.2 Å². The summed E-state index contributed by atoms with van der Waals surface area (Å²) < 4.78 is 22.0. The summed E-state index contributed by atoms with van der Waals surface area (Å²) in [4.78, 5) is 17.7. The Balaban J connectivity index is 1.77. The molecule has 1 unspecified atom stereocenters. The molecule has 0 bridgehead atoms. The van der Waals surface area contributed by atoms with Gasteiger partial charge in [0.1, 0.15) is 6.04 Å². The van der Waals surface area contributed by atoms with Crippen LogP contribution >= 0.6 is 0 Å². The zero-order chi connectivity index (χ0) is 19.1. The average Bonchev–Trinajstić information content (AvgIpc) is 2.73. The maximum atomic E-state index is 13.2. The molecule has 0 N–H and O–H groups in total. The predicted molar refractivity (Wildman–Crippen MR) is 102 cm³/mol. The van der Waals surface area contributed by atoms with Gasteiger partial charge < -0.3 is 18.9 Å². The van der Waals surface area contributed by atoms with E-state index in [1.54, 1.807) is 26.4 Å². The molecule has 0 amide bonds. The van der Waals surface area contributed by atoms with E-state index in [4.69, 9.17) is 18.9 Å². The summed E-state index contributed by atoms with van der Waals surface area (Å²) in [6.45, 7) is 5.61. The van der Waals surface area contributed by atoms with Gasteiger partial charge >= 0.3 is 5.97 Å². The van der Waals surface area contributed by atoms with E-state index in [-0.39, 0.29) is 12.0 Å². The number of para-hydroxylation sites is 1. The molecule has 0 saturated carbocycles. The van der Waals surface area contributed by atoms with Crippen LogP contribution in [-0.2, 0) is 9.53 Å². The topological polar surface area (TPSA) is 60.5 Å². The van der Waals surface area contributed by atoms with Crippen LogP contribution in [0.25, 0.3) is 0 Å². The highest BCUT2D eigenvalue weighted by molar-refractivity contribution is 5.80. The van der Waals surface area contributed by atoms with Gasteiger partial charge in [0.25, 0.3) is 0 Å². The lowest BCUT2D eigenvalue weighted by Gasteiger charge is -2.37. The number of likely N-dealkylation sites (tertiary alicyclic amines) is 1. The number of carbonyl (C=O) groups is 1. The van der Waals surface area contributed by atoms with Crippen LogP contribution in [0.1, 0.15) is 19.3 Å². The van der Waals surface area contributed by atoms with Crippen molar-refractivity contribution in [3.8, 4) is 17.2 Å². The molecule has 2 aliphatic heterocycles. The third kappa shape index (κ3) is 5.12. The molecular formula is C20H30N2O5. The molecule has 0 aliphatic carbocycles. The van der Waals surface area contributed by atoms with Gasteiger partial charge in [-0.25, -0.2) is 4.79 Å². The first-order valence-corrected chi connectivity index (χ1v) is 9.69. The van der Waals surface area contributed by atoms with Crippen molar-refractivity contribution in [1.82, 2.24) is 9.80 Å². The number of carbonyl (C=O) groups excluding carboxylic acids is 1. The largest absolute Gasteiger partial charge is 0.493 e. The fourth-order valence-electron chi connectivity index (χ4n) is 3.68. The fourth-order valence-corrected chi connectivity index (χ4v) is 3.68. The van der Waals surface area contributed by atoms with Gasteiger partial charge in [0.2, 0.25) is 5.75 Å². The molecule has 7 nitrogen and oxygen atoms in total. The van der Waals surface area contributed by atoms with E-state index >= 15 is 0 Å². The highest BCUT2D eigenvalue weighted by atomic mass is 16.6. The van der Waals surface area contributed by atoms with Crippen molar-refractivity contribution in [1.29, 1.82) is 0 Å². The van der Waals surface area contributed by atoms with Crippen LogP contribution in [0.2, 0.25) is 0 Å². The second-order valence-electron chi connectivity index (χ2n) is 6.94. The van der Waals surface area contributed by atoms with E-state index in [0.29, 0.717) is 37.0 Å². The van der Waals surface area contributed by atoms with Crippen molar-refractivity contribution in [2.75, 3.05) is 60.2 Å². The van der Waals surface area contributed by atoms with Gasteiger partial charge in [-0.05, 0) is 38.1 Å². The van der Waals surface area contributed by atoms with Crippen LogP contribution in [0.15, 0.2) is 18.2 Å². The Kier molecular flexibility index (Phi) is 7.32. The number of hydrogen-bond donors (Lipinski definition) is 0. The van der Waals surface area contributed by atoms with Crippen LogP contribution in [0, 0.1) is 0 Å². The standard InChI is InChI=1S/C20H30N2O5/c1-24-17-7-6-8-18(25-2)19(17)27-20(23)16(22-9-4-3-5-10-22)15-21-11-13-26-14-12-21/h6-8,16H,3-5,9-15H2,1-2H3. The highest BCUT2D eigenvalue weighted by Gasteiger charge is 2.32. The van der Waals surface area contributed by atoms with E-state index in [9.17, 15) is 4.79 Å². The number of piperidine rings is 1. The maximum absolute atomic E-state index is 13.2. The minimum atomic E-state index is -0.307. The number of ether oxygens (including phenoxy) is 4. The van der Waals surface area contributed by atoms with Gasteiger partial charge in [-0.1, -0.05) is 12.5 Å². The van der Waals surface area contributed by atoms with Crippen LogP contribution in [0.5, 0.6) is 17.2 Å². The summed E-state index contributed by atoms with van der Waals surface area (Å²) in [5.74, 6) is 1.07. The first kappa shape index (κ1) is 19.9. The second-order valence-corrected chi connectivity index (χ2v) is 6.94. The van der Waals surface area contributed by atoms with E-state index in [1.807, 2.05) is 6.07 Å². The quantitative estimate of drug-likeness (QED) is 0.530. The highest BCUT2D eigenvalue weighted by Crippen LogP contribution is 2.37. The summed E-state index contributed by atoms with van der Waals surface area (Å²) in [5.41, 5.74) is 0. The smallest absolute Gasteiger partial charge is 0.330 e. The molecular weight excluding hydrogens is 348 g/mol. The van der Waals surface area contributed by atoms with Crippen LogP contribution in [0.4, 0.5) is 0 Å². The molecule has 1 aromatic carbocycles. The van der Waals surface area contributed by atoms with Crippen molar-refractivity contribution in [2.45, 2.75) is 25.3 Å². The second kappa shape index (κ2) is 9.92. The van der Waals surface area contributed by atoms with E-state index in [0.717, 1.165) is 39.0 Å². The van der Waals surface area contributed by atoms with Gasteiger partial charge in [0.15, 0.2) is 11.5 Å². The van der Waals surface area contributed by atoms with Crippen LogP contribution in [-0.4, -0.2) is 82.0 Å². The molecule has 150 valence electrons. The molecule has 2 saturated heterocycles. The van der Waals surface area contributed by atoms with Crippen molar-refractivity contribution >= 4 is 5.97 Å². The van der Waals surface area contributed by atoms with Gasteiger partial charge in [0, 0.05) is 19.6 Å². The molecule has 0 aromatic heterocycles. The molecule has 7 heteroatoms. The number of nitrogens with zero attached hydrogens (tertiary/aromatic N) is 2. The minimum Gasteiger partial charge on any atom is -0.493 e. The normalized spacial score (nSPS) is 20.1. The number of benzene rings is 1. The molecule has 2 heterocycles. The van der Waals surface area contributed by atoms with Gasteiger partial charge in [-0.2, -0.15) is 0 Å². The summed E-state index contributed by atoms with van der Waals surface area (Å²) in [7, 11) is 3.11. The minimum absolute atomic E-state index is 0.258. The molecule has 3 rings (SSSR count). The van der Waals surface area contributed by atoms with E-state index < -0.39 is 0 Å². The van der Waals surface area contributed by atoms with Crippen molar-refractivity contribution < 1.29 is 23.7 Å². The van der Waals surface area contributed by atoms with Gasteiger partial charge in [-0.3, -0.25) is 9.80 Å². The monoisotopic (exact) mass is 378 g/mol. The molecule has 1 aromatic rings. The Morgan fingerprint density at radius 3 is 2.26 bits per heavy atom. The fraction of sp³-hybridized carbons (Fsp3) is 0.650. The molecule has 27 heavy (non-hydrogen) atoms.